The van der Waals surface area contributed by atoms with Crippen LogP contribution in [-0.4, -0.2) is 125 Å². The maximum absolute atomic E-state index is 7.21. The molecule has 0 amide bonds. The van der Waals surface area contributed by atoms with Crippen LogP contribution < -0.4 is 19.7 Å². The van der Waals surface area contributed by atoms with Gasteiger partial charge in [-0.15, -0.1) is 0 Å². The molecule has 5 aromatic rings. The number of fused-ring (bicyclic) bond motifs is 12. The maximum Gasteiger partial charge on any atom is 0.151 e. The molecular weight excluding hydrogens is 813 g/mol. The molecule has 0 bridgehead atoms. The lowest BCUT2D eigenvalue weighted by atomic mass is 9.73. The fraction of sp³-hybridized carbons (Fsp3) is 0.400. The van der Waals surface area contributed by atoms with Gasteiger partial charge < -0.3 is 37.9 Å². The van der Waals surface area contributed by atoms with Crippen LogP contribution in [0, 0.1) is 0 Å². The Kier molecular flexibility index (Phi) is 9.70. The highest BCUT2D eigenvalue weighted by Gasteiger charge is 2.54. The summed E-state index contributed by atoms with van der Waals surface area (Å²) in [6, 6.07) is 34.7. The summed E-state index contributed by atoms with van der Waals surface area (Å²) in [4.78, 5) is 0. The Labute approximate surface area is 372 Å². The van der Waals surface area contributed by atoms with Crippen LogP contribution in [0.3, 0.4) is 0 Å². The van der Waals surface area contributed by atoms with Crippen molar-refractivity contribution in [1.29, 1.82) is 0 Å². The zero-order valence-electron chi connectivity index (χ0n) is 35.9. The van der Waals surface area contributed by atoms with E-state index in [2.05, 4.69) is 127 Å². The van der Waals surface area contributed by atoms with E-state index < -0.39 is 11.2 Å². The van der Waals surface area contributed by atoms with Crippen molar-refractivity contribution in [2.24, 2.45) is 0 Å². The Bertz CT molecular complexity index is 2380. The normalized spacial score (nSPS) is 25.4. The lowest BCUT2D eigenvalue weighted by Gasteiger charge is -2.47. The predicted octanol–water partition coefficient (Wildman–Crippen LogP) is 6.14. The van der Waals surface area contributed by atoms with Gasteiger partial charge >= 0.3 is 0 Å². The molecule has 8 aliphatic heterocycles. The lowest BCUT2D eigenvalue weighted by molar-refractivity contribution is -0.0390. The number of nitrogens with zero attached hydrogens (tertiary/aromatic N) is 6. The molecule has 13 rings (SSSR count). The molecule has 330 valence electrons. The van der Waals surface area contributed by atoms with Crippen LogP contribution in [0.25, 0.3) is 0 Å². The summed E-state index contributed by atoms with van der Waals surface area (Å²) in [6.45, 7) is 12.6. The highest BCUT2D eigenvalue weighted by molar-refractivity contribution is 5.73. The topological polar surface area (TPSA) is 93.3 Å². The number of rotatable bonds is 6. The Morgan fingerprint density at radius 1 is 0.359 bits per heavy atom. The quantitative estimate of drug-likeness (QED) is 0.196. The van der Waals surface area contributed by atoms with Crippen LogP contribution in [0.4, 0.5) is 11.4 Å². The number of anilines is 2. The number of ether oxygens (including phenoxy) is 8. The molecule has 0 aromatic heterocycles. The van der Waals surface area contributed by atoms with Gasteiger partial charge in [-0.25, -0.2) is 30.3 Å². The first-order valence-electron chi connectivity index (χ1n) is 22.9. The Morgan fingerprint density at radius 3 is 1.11 bits per heavy atom. The molecule has 8 heterocycles. The summed E-state index contributed by atoms with van der Waals surface area (Å²) in [5.41, 5.74) is 8.46. The summed E-state index contributed by atoms with van der Waals surface area (Å²) >= 11 is 0. The standard InChI is InChI=1S/C50H52N6O8/c1-3-7-39-35(5-1)33-61-49(39)41-11-9-37(55(51-13-21-57-22-14-51)52-15-23-58-24-16-52)29-45(41)63-47-32-48-44(31-43(47)49)50(40-8-4-2-6-36(40)34-62-50)42-12-10-38(30-46(42)64-48)56(53-17-25-59-26-18-53)54-19-27-60-28-20-54/h1-12,29-32H,13-28,33-34H2. The molecule has 0 aliphatic carbocycles. The molecule has 0 radical (unpaired) electrons. The van der Waals surface area contributed by atoms with Crippen LogP contribution in [0.2, 0.25) is 0 Å². The molecule has 2 unspecified atom stereocenters. The van der Waals surface area contributed by atoms with Gasteiger partial charge in [-0.3, -0.25) is 0 Å². The third-order valence-corrected chi connectivity index (χ3v) is 14.1. The fourth-order valence-corrected chi connectivity index (χ4v) is 11.2. The first-order chi connectivity index (χ1) is 31.7. The van der Waals surface area contributed by atoms with Gasteiger partial charge in [-0.1, -0.05) is 48.5 Å². The van der Waals surface area contributed by atoms with Crippen molar-refractivity contribution in [2.75, 3.05) is 115 Å². The second-order valence-electron chi connectivity index (χ2n) is 17.5. The average Bonchev–Trinajstić information content (AvgIpc) is 3.93. The van der Waals surface area contributed by atoms with Gasteiger partial charge in [0, 0.05) is 92.8 Å². The van der Waals surface area contributed by atoms with Crippen molar-refractivity contribution in [1.82, 2.24) is 20.0 Å². The van der Waals surface area contributed by atoms with Crippen molar-refractivity contribution in [3.63, 3.8) is 0 Å². The highest BCUT2D eigenvalue weighted by atomic mass is 16.5. The zero-order chi connectivity index (χ0) is 42.2. The van der Waals surface area contributed by atoms with Crippen LogP contribution in [-0.2, 0) is 52.8 Å². The van der Waals surface area contributed by atoms with Crippen LogP contribution in [0.15, 0.2) is 97.1 Å². The minimum absolute atomic E-state index is 0.469. The van der Waals surface area contributed by atoms with E-state index in [9.17, 15) is 0 Å². The molecule has 8 aliphatic rings. The second-order valence-corrected chi connectivity index (χ2v) is 17.5. The Balaban J connectivity index is 0.976. The number of hydrazine groups is 4. The van der Waals surface area contributed by atoms with E-state index >= 15 is 0 Å². The van der Waals surface area contributed by atoms with E-state index in [1.807, 2.05) is 0 Å². The SMILES string of the molecule is c1ccc2c(c1)COC21c2ccc(N(N3CCOCC3)N3CCOCC3)cc2Oc2cc3c(cc21)C1(OCc2ccccc21)c1ccc(N(N2CCOCC2)N2CCOCC2)cc1O3. The van der Waals surface area contributed by atoms with Crippen molar-refractivity contribution in [3.8, 4) is 23.0 Å². The third kappa shape index (κ3) is 6.09. The van der Waals surface area contributed by atoms with Crippen LogP contribution in [0.5, 0.6) is 23.0 Å². The van der Waals surface area contributed by atoms with Crippen molar-refractivity contribution >= 4 is 11.4 Å². The molecule has 2 spiro atoms. The first-order valence-corrected chi connectivity index (χ1v) is 22.9. The van der Waals surface area contributed by atoms with Gasteiger partial charge in [0.25, 0.3) is 0 Å². The van der Waals surface area contributed by atoms with E-state index in [1.165, 1.54) is 0 Å². The molecule has 0 N–H and O–H groups in total. The molecule has 4 saturated heterocycles. The Hall–Kier alpha value is -5.10. The molecule has 0 saturated carbocycles. The summed E-state index contributed by atoms with van der Waals surface area (Å²) in [6.07, 6.45) is 0. The summed E-state index contributed by atoms with van der Waals surface area (Å²) in [5, 5.41) is 14.1. The smallest absolute Gasteiger partial charge is 0.151 e. The number of hydrogen-bond donors (Lipinski definition) is 0. The number of morpholine rings is 4. The zero-order valence-corrected chi connectivity index (χ0v) is 35.9. The average molecular weight is 865 g/mol. The molecule has 2 atom stereocenters. The highest BCUT2D eigenvalue weighted by Crippen LogP contribution is 2.62. The second kappa shape index (κ2) is 15.8. The first kappa shape index (κ1) is 39.3. The van der Waals surface area contributed by atoms with Crippen molar-refractivity contribution in [3.05, 3.63) is 142 Å². The van der Waals surface area contributed by atoms with E-state index in [-0.39, 0.29) is 0 Å². The van der Waals surface area contributed by atoms with Gasteiger partial charge in [0.15, 0.2) is 11.2 Å². The summed E-state index contributed by atoms with van der Waals surface area (Å²) in [7, 11) is 0. The summed E-state index contributed by atoms with van der Waals surface area (Å²) < 4.78 is 52.0. The molecule has 64 heavy (non-hydrogen) atoms. The van der Waals surface area contributed by atoms with Gasteiger partial charge in [0.1, 0.15) is 23.0 Å². The minimum atomic E-state index is -0.948. The lowest BCUT2D eigenvalue weighted by Crippen LogP contribution is -2.59. The van der Waals surface area contributed by atoms with Crippen molar-refractivity contribution < 1.29 is 37.9 Å². The molecule has 14 nitrogen and oxygen atoms in total. The van der Waals surface area contributed by atoms with E-state index in [0.717, 1.165) is 120 Å². The van der Waals surface area contributed by atoms with Gasteiger partial charge in [0.05, 0.1) is 77.4 Å². The maximum atomic E-state index is 7.21. The van der Waals surface area contributed by atoms with Gasteiger partial charge in [-0.2, -0.15) is 0 Å². The van der Waals surface area contributed by atoms with Crippen LogP contribution >= 0.6 is 0 Å². The predicted molar refractivity (Wildman–Crippen MR) is 236 cm³/mol. The molecule has 5 aromatic carbocycles. The minimum Gasteiger partial charge on any atom is -0.456 e. The molecular formula is C50H52N6O8. The van der Waals surface area contributed by atoms with Crippen molar-refractivity contribution in [2.45, 2.75) is 24.4 Å². The number of hydrogen-bond acceptors (Lipinski definition) is 14. The third-order valence-electron chi connectivity index (χ3n) is 14.1. The summed E-state index contributed by atoms with van der Waals surface area (Å²) in [5.74, 6) is 2.87. The monoisotopic (exact) mass is 864 g/mol. The van der Waals surface area contributed by atoms with E-state index in [1.54, 1.807) is 0 Å². The largest absolute Gasteiger partial charge is 0.456 e. The van der Waals surface area contributed by atoms with Gasteiger partial charge in [0.2, 0.25) is 0 Å². The van der Waals surface area contributed by atoms with Gasteiger partial charge in [-0.05, 0) is 52.6 Å². The van der Waals surface area contributed by atoms with Crippen LogP contribution in [0.1, 0.15) is 44.5 Å². The van der Waals surface area contributed by atoms with E-state index in [4.69, 9.17) is 37.9 Å². The molecule has 14 heteroatoms. The fourth-order valence-electron chi connectivity index (χ4n) is 11.2. The van der Waals surface area contributed by atoms with E-state index in [0.29, 0.717) is 77.6 Å². The number of benzene rings is 5. The Morgan fingerprint density at radius 2 is 0.719 bits per heavy atom. The molecule has 4 fully saturated rings.